The highest BCUT2D eigenvalue weighted by molar-refractivity contribution is 5.84. The van der Waals surface area contributed by atoms with Gasteiger partial charge in [-0.2, -0.15) is 0 Å². The fraction of sp³-hybridized carbons (Fsp3) is 0.393. The number of nitrogens with one attached hydrogen (secondary N) is 1. The molecule has 0 aliphatic heterocycles. The van der Waals surface area contributed by atoms with Gasteiger partial charge < -0.3 is 15.2 Å². The molecule has 0 amide bonds. The number of ether oxygens (including phenoxy) is 1. The summed E-state index contributed by atoms with van der Waals surface area (Å²) in [4.78, 5) is 11.1. The first kappa shape index (κ1) is 22.3. The van der Waals surface area contributed by atoms with Crippen molar-refractivity contribution in [2.45, 2.75) is 58.7 Å². The van der Waals surface area contributed by atoms with Crippen molar-refractivity contribution in [3.8, 4) is 5.75 Å². The first-order valence-corrected chi connectivity index (χ1v) is 11.7. The molecule has 32 heavy (non-hydrogen) atoms. The SMILES string of the molecule is CC(C)Cc1ccc(COc2ccc3cc(CNC4CCC(C(=O)O)C4)ccc3c2)cc1. The summed E-state index contributed by atoms with van der Waals surface area (Å²) in [6.07, 6.45) is 3.54. The Morgan fingerprint density at radius 1 is 0.969 bits per heavy atom. The van der Waals surface area contributed by atoms with Gasteiger partial charge in [-0.25, -0.2) is 0 Å². The highest BCUT2D eigenvalue weighted by Crippen LogP contribution is 2.27. The zero-order valence-corrected chi connectivity index (χ0v) is 19.0. The van der Waals surface area contributed by atoms with E-state index in [4.69, 9.17) is 9.84 Å². The molecule has 0 saturated heterocycles. The lowest BCUT2D eigenvalue weighted by Crippen LogP contribution is -2.26. The van der Waals surface area contributed by atoms with E-state index >= 15 is 0 Å². The number of aliphatic carboxylic acids is 1. The van der Waals surface area contributed by atoms with Gasteiger partial charge in [-0.1, -0.05) is 56.3 Å². The Labute approximate surface area is 190 Å². The van der Waals surface area contributed by atoms with Gasteiger partial charge in [0, 0.05) is 12.6 Å². The number of hydrogen-bond donors (Lipinski definition) is 2. The van der Waals surface area contributed by atoms with Crippen LogP contribution in [0.5, 0.6) is 5.75 Å². The average molecular weight is 432 g/mol. The zero-order valence-electron chi connectivity index (χ0n) is 19.0. The van der Waals surface area contributed by atoms with Gasteiger partial charge in [0.25, 0.3) is 0 Å². The molecule has 2 atom stereocenters. The first-order valence-electron chi connectivity index (χ1n) is 11.7. The van der Waals surface area contributed by atoms with E-state index in [-0.39, 0.29) is 5.92 Å². The van der Waals surface area contributed by atoms with E-state index in [1.807, 2.05) is 6.07 Å². The summed E-state index contributed by atoms with van der Waals surface area (Å²) in [6.45, 7) is 5.80. The topological polar surface area (TPSA) is 58.6 Å². The maximum Gasteiger partial charge on any atom is 0.306 e. The van der Waals surface area contributed by atoms with E-state index in [9.17, 15) is 4.79 Å². The van der Waals surface area contributed by atoms with Gasteiger partial charge in [0.1, 0.15) is 12.4 Å². The molecule has 1 aliphatic carbocycles. The summed E-state index contributed by atoms with van der Waals surface area (Å²) in [5.41, 5.74) is 3.76. The molecule has 4 rings (SSSR count). The van der Waals surface area contributed by atoms with Gasteiger partial charge in [0.15, 0.2) is 0 Å². The monoisotopic (exact) mass is 431 g/mol. The number of carboxylic acids is 1. The van der Waals surface area contributed by atoms with Crippen LogP contribution in [-0.4, -0.2) is 17.1 Å². The van der Waals surface area contributed by atoms with E-state index in [1.54, 1.807) is 0 Å². The third-order valence-corrected chi connectivity index (χ3v) is 6.33. The van der Waals surface area contributed by atoms with Gasteiger partial charge >= 0.3 is 5.97 Å². The molecule has 4 heteroatoms. The minimum atomic E-state index is -0.666. The van der Waals surface area contributed by atoms with Crippen LogP contribution in [0.3, 0.4) is 0 Å². The fourth-order valence-electron chi connectivity index (χ4n) is 4.54. The second-order valence-electron chi connectivity index (χ2n) is 9.47. The summed E-state index contributed by atoms with van der Waals surface area (Å²) < 4.78 is 6.04. The molecule has 4 nitrogen and oxygen atoms in total. The molecule has 1 fully saturated rings. The van der Waals surface area contributed by atoms with Crippen molar-refractivity contribution in [1.29, 1.82) is 0 Å². The number of rotatable bonds is 9. The Bertz CT molecular complexity index is 1060. The lowest BCUT2D eigenvalue weighted by atomic mass is 10.0. The fourth-order valence-corrected chi connectivity index (χ4v) is 4.54. The molecule has 0 heterocycles. The molecule has 0 radical (unpaired) electrons. The lowest BCUT2D eigenvalue weighted by Gasteiger charge is -2.13. The summed E-state index contributed by atoms with van der Waals surface area (Å²) in [5, 5.41) is 15.0. The van der Waals surface area contributed by atoms with Crippen LogP contribution >= 0.6 is 0 Å². The molecular weight excluding hydrogens is 398 g/mol. The van der Waals surface area contributed by atoms with Crippen LogP contribution < -0.4 is 10.1 Å². The zero-order chi connectivity index (χ0) is 22.5. The largest absolute Gasteiger partial charge is 0.489 e. The second kappa shape index (κ2) is 10.2. The minimum Gasteiger partial charge on any atom is -0.489 e. The molecule has 3 aromatic carbocycles. The molecule has 1 aliphatic rings. The maximum atomic E-state index is 11.1. The van der Waals surface area contributed by atoms with E-state index in [2.05, 4.69) is 73.8 Å². The number of carbonyl (C=O) groups is 1. The second-order valence-corrected chi connectivity index (χ2v) is 9.47. The highest BCUT2D eigenvalue weighted by Gasteiger charge is 2.29. The Balaban J connectivity index is 1.32. The van der Waals surface area contributed by atoms with E-state index in [0.29, 0.717) is 18.6 Å². The van der Waals surface area contributed by atoms with Gasteiger partial charge in [0.2, 0.25) is 0 Å². The Hall–Kier alpha value is -2.85. The van der Waals surface area contributed by atoms with Crippen LogP contribution in [0.25, 0.3) is 10.8 Å². The van der Waals surface area contributed by atoms with E-state index < -0.39 is 5.97 Å². The van der Waals surface area contributed by atoms with Crippen LogP contribution in [0.15, 0.2) is 60.7 Å². The van der Waals surface area contributed by atoms with Crippen LogP contribution in [0.2, 0.25) is 0 Å². The quantitative estimate of drug-likeness (QED) is 0.439. The molecule has 168 valence electrons. The normalized spacial score (nSPS) is 18.3. The molecular formula is C28H33NO3. The third kappa shape index (κ3) is 5.89. The van der Waals surface area contributed by atoms with Gasteiger partial charge in [-0.15, -0.1) is 0 Å². The van der Waals surface area contributed by atoms with Crippen LogP contribution in [0.1, 0.15) is 49.8 Å². The van der Waals surface area contributed by atoms with Crippen LogP contribution in [-0.2, 0) is 24.4 Å². The summed E-state index contributed by atoms with van der Waals surface area (Å²) >= 11 is 0. The molecule has 2 N–H and O–H groups in total. The predicted molar refractivity (Wildman–Crippen MR) is 129 cm³/mol. The number of carboxylic acid groups (broad SMARTS) is 1. The van der Waals surface area contributed by atoms with Crippen LogP contribution in [0, 0.1) is 11.8 Å². The molecule has 2 unspecified atom stereocenters. The average Bonchev–Trinajstić information content (AvgIpc) is 3.26. The van der Waals surface area contributed by atoms with Crippen molar-refractivity contribution in [3.63, 3.8) is 0 Å². The molecule has 0 bridgehead atoms. The highest BCUT2D eigenvalue weighted by atomic mass is 16.5. The molecule has 1 saturated carbocycles. The van der Waals surface area contributed by atoms with E-state index in [0.717, 1.165) is 43.4 Å². The third-order valence-electron chi connectivity index (χ3n) is 6.33. The predicted octanol–water partition coefficient (Wildman–Crippen LogP) is 5.96. The van der Waals surface area contributed by atoms with Crippen molar-refractivity contribution in [3.05, 3.63) is 77.4 Å². The standard InChI is InChI=1S/C28H33NO3/c1-19(2)13-20-3-5-21(6-4-20)18-32-27-12-10-23-14-22(7-8-24(23)16-27)17-29-26-11-9-25(15-26)28(30)31/h3-8,10,12,14,16,19,25-26,29H,9,11,13,15,17-18H2,1-2H3,(H,30,31). The van der Waals surface area contributed by atoms with E-state index in [1.165, 1.54) is 22.1 Å². The number of fused-ring (bicyclic) bond motifs is 1. The van der Waals surface area contributed by atoms with Gasteiger partial charge in [0.05, 0.1) is 5.92 Å². The molecule has 0 aromatic heterocycles. The Morgan fingerprint density at radius 3 is 2.38 bits per heavy atom. The number of benzene rings is 3. The minimum absolute atomic E-state index is 0.194. The smallest absolute Gasteiger partial charge is 0.306 e. The summed E-state index contributed by atoms with van der Waals surface area (Å²) in [7, 11) is 0. The van der Waals surface area contributed by atoms with Crippen molar-refractivity contribution in [2.75, 3.05) is 0 Å². The summed E-state index contributed by atoms with van der Waals surface area (Å²) in [6, 6.07) is 21.7. The van der Waals surface area contributed by atoms with Crippen molar-refractivity contribution < 1.29 is 14.6 Å². The number of hydrogen-bond acceptors (Lipinski definition) is 3. The molecule has 3 aromatic rings. The van der Waals surface area contributed by atoms with Crippen molar-refractivity contribution >= 4 is 16.7 Å². The lowest BCUT2D eigenvalue weighted by molar-refractivity contribution is -0.141. The van der Waals surface area contributed by atoms with Gasteiger partial charge in [-0.05, 0) is 77.3 Å². The van der Waals surface area contributed by atoms with Crippen molar-refractivity contribution in [1.82, 2.24) is 5.32 Å². The van der Waals surface area contributed by atoms with Crippen LogP contribution in [0.4, 0.5) is 0 Å². The Morgan fingerprint density at radius 2 is 1.66 bits per heavy atom. The molecule has 0 spiro atoms. The first-order chi connectivity index (χ1) is 15.5. The Kier molecular flexibility index (Phi) is 7.11. The van der Waals surface area contributed by atoms with Gasteiger partial charge in [-0.3, -0.25) is 4.79 Å². The maximum absolute atomic E-state index is 11.1. The van der Waals surface area contributed by atoms with Crippen molar-refractivity contribution in [2.24, 2.45) is 11.8 Å². The summed E-state index contributed by atoms with van der Waals surface area (Å²) in [5.74, 6) is 0.681.